The van der Waals surface area contributed by atoms with Crippen molar-refractivity contribution in [2.75, 3.05) is 13.1 Å². The lowest BCUT2D eigenvalue weighted by Gasteiger charge is -2.23. The van der Waals surface area contributed by atoms with E-state index < -0.39 is 10.0 Å². The molecule has 3 N–H and O–H groups in total. The highest BCUT2D eigenvalue weighted by molar-refractivity contribution is 7.89. The van der Waals surface area contributed by atoms with Crippen molar-refractivity contribution in [3.63, 3.8) is 0 Å². The maximum Gasteiger partial charge on any atom is 0.242 e. The molecule has 1 aromatic rings. The smallest absolute Gasteiger partial charge is 0.242 e. The summed E-state index contributed by atoms with van der Waals surface area (Å²) in [6.07, 6.45) is 5.00. The number of nitrogens with one attached hydrogen (secondary N) is 3. The molecule has 2 heterocycles. The van der Waals surface area contributed by atoms with Crippen molar-refractivity contribution in [2.24, 2.45) is 0 Å². The first kappa shape index (κ1) is 10.7. The van der Waals surface area contributed by atoms with Gasteiger partial charge in [-0.05, 0) is 25.5 Å². The van der Waals surface area contributed by atoms with Crippen LogP contribution in [-0.4, -0.2) is 32.5 Å². The van der Waals surface area contributed by atoms with Crippen LogP contribution in [0.4, 0.5) is 0 Å². The highest BCUT2D eigenvalue weighted by Crippen LogP contribution is 2.10. The Balaban J connectivity index is 2.04. The molecule has 15 heavy (non-hydrogen) atoms. The molecule has 1 aliphatic rings. The van der Waals surface area contributed by atoms with Crippen molar-refractivity contribution >= 4 is 10.0 Å². The molecule has 0 amide bonds. The van der Waals surface area contributed by atoms with E-state index in [2.05, 4.69) is 15.0 Å². The molecule has 5 nitrogen and oxygen atoms in total. The van der Waals surface area contributed by atoms with E-state index in [4.69, 9.17) is 0 Å². The zero-order valence-corrected chi connectivity index (χ0v) is 9.18. The molecule has 0 radical (unpaired) electrons. The van der Waals surface area contributed by atoms with Crippen LogP contribution >= 0.6 is 0 Å². The molecule has 0 saturated carbocycles. The normalized spacial score (nSPS) is 22.8. The first-order valence-electron chi connectivity index (χ1n) is 5.04. The Morgan fingerprint density at radius 1 is 1.47 bits per heavy atom. The van der Waals surface area contributed by atoms with E-state index in [0.29, 0.717) is 11.4 Å². The number of hydrogen-bond donors (Lipinski definition) is 3. The molecule has 1 atom stereocenters. The van der Waals surface area contributed by atoms with Crippen molar-refractivity contribution in [3.05, 3.63) is 18.5 Å². The third kappa shape index (κ3) is 2.58. The molecular weight excluding hydrogens is 214 g/mol. The summed E-state index contributed by atoms with van der Waals surface area (Å²) in [5, 5.41) is 3.17. The minimum Gasteiger partial charge on any atom is -0.366 e. The molecule has 1 aliphatic heterocycles. The Labute approximate surface area is 89.3 Å². The van der Waals surface area contributed by atoms with E-state index in [1.54, 1.807) is 12.3 Å². The van der Waals surface area contributed by atoms with Crippen LogP contribution < -0.4 is 10.0 Å². The predicted octanol–water partition coefficient (Wildman–Crippen LogP) is 0.0450. The van der Waals surface area contributed by atoms with Gasteiger partial charge in [-0.15, -0.1) is 0 Å². The number of hydrogen-bond acceptors (Lipinski definition) is 3. The number of rotatable bonds is 3. The van der Waals surface area contributed by atoms with Gasteiger partial charge in [0, 0.05) is 25.0 Å². The lowest BCUT2D eigenvalue weighted by molar-refractivity contribution is 0.428. The molecule has 6 heteroatoms. The second kappa shape index (κ2) is 4.34. The Hall–Kier alpha value is -0.850. The molecule has 0 bridgehead atoms. The second-order valence-electron chi connectivity index (χ2n) is 3.71. The van der Waals surface area contributed by atoms with Gasteiger partial charge >= 0.3 is 0 Å². The average Bonchev–Trinajstić information content (AvgIpc) is 2.71. The molecule has 84 valence electrons. The Morgan fingerprint density at radius 2 is 2.33 bits per heavy atom. The Bertz CT molecular complexity index is 393. The largest absolute Gasteiger partial charge is 0.366 e. The second-order valence-corrected chi connectivity index (χ2v) is 5.43. The third-order valence-electron chi connectivity index (χ3n) is 2.50. The molecule has 0 aliphatic carbocycles. The van der Waals surface area contributed by atoms with Gasteiger partial charge in [0.15, 0.2) is 0 Å². The quantitative estimate of drug-likeness (QED) is 0.685. The Morgan fingerprint density at radius 3 is 2.93 bits per heavy atom. The van der Waals surface area contributed by atoms with Crippen LogP contribution in [0, 0.1) is 0 Å². The summed E-state index contributed by atoms with van der Waals surface area (Å²) in [4.78, 5) is 3.04. The topological polar surface area (TPSA) is 74.0 Å². The molecule has 0 aromatic carbocycles. The van der Waals surface area contributed by atoms with Crippen molar-refractivity contribution in [1.82, 2.24) is 15.0 Å². The number of aromatic nitrogens is 1. The minimum atomic E-state index is -3.34. The van der Waals surface area contributed by atoms with E-state index in [1.807, 2.05) is 0 Å². The van der Waals surface area contributed by atoms with E-state index in [-0.39, 0.29) is 6.04 Å². The van der Waals surface area contributed by atoms with Gasteiger partial charge in [0.05, 0.1) is 4.90 Å². The summed E-state index contributed by atoms with van der Waals surface area (Å²) in [5.41, 5.74) is 0. The van der Waals surface area contributed by atoms with Gasteiger partial charge in [0.1, 0.15) is 0 Å². The first-order chi connectivity index (χ1) is 7.18. The minimum absolute atomic E-state index is 0.0126. The van der Waals surface area contributed by atoms with Gasteiger partial charge in [-0.2, -0.15) is 0 Å². The van der Waals surface area contributed by atoms with E-state index in [0.717, 1.165) is 19.4 Å². The van der Waals surface area contributed by atoms with Crippen molar-refractivity contribution in [2.45, 2.75) is 23.8 Å². The van der Waals surface area contributed by atoms with Crippen LogP contribution in [-0.2, 0) is 10.0 Å². The van der Waals surface area contributed by atoms with Crippen molar-refractivity contribution < 1.29 is 8.42 Å². The SMILES string of the molecule is O=S(=O)(N[C@@H]1CCCNC1)c1cc[nH]c1. The van der Waals surface area contributed by atoms with Crippen LogP contribution in [0.2, 0.25) is 0 Å². The zero-order chi connectivity index (χ0) is 10.7. The predicted molar refractivity (Wildman–Crippen MR) is 57.0 cm³/mol. The molecular formula is C9H15N3O2S. The summed E-state index contributed by atoms with van der Waals surface area (Å²) in [5.74, 6) is 0. The number of sulfonamides is 1. The monoisotopic (exact) mass is 229 g/mol. The van der Waals surface area contributed by atoms with E-state index in [1.165, 1.54) is 6.20 Å². The summed E-state index contributed by atoms with van der Waals surface area (Å²) < 4.78 is 26.3. The molecule has 1 fully saturated rings. The van der Waals surface area contributed by atoms with E-state index in [9.17, 15) is 8.42 Å². The summed E-state index contributed by atoms with van der Waals surface area (Å²) >= 11 is 0. The average molecular weight is 229 g/mol. The molecule has 0 spiro atoms. The summed E-state index contributed by atoms with van der Waals surface area (Å²) in [7, 11) is -3.34. The van der Waals surface area contributed by atoms with Crippen molar-refractivity contribution in [3.8, 4) is 0 Å². The van der Waals surface area contributed by atoms with E-state index >= 15 is 0 Å². The fraction of sp³-hybridized carbons (Fsp3) is 0.556. The van der Waals surface area contributed by atoms with Gasteiger partial charge in [-0.3, -0.25) is 0 Å². The fourth-order valence-electron chi connectivity index (χ4n) is 1.72. The van der Waals surface area contributed by atoms with Gasteiger partial charge in [0.25, 0.3) is 0 Å². The zero-order valence-electron chi connectivity index (χ0n) is 8.36. The molecule has 2 rings (SSSR count). The summed E-state index contributed by atoms with van der Waals surface area (Å²) in [6, 6.07) is 1.57. The number of aromatic amines is 1. The van der Waals surface area contributed by atoms with Crippen LogP contribution in [0.3, 0.4) is 0 Å². The maximum atomic E-state index is 11.8. The van der Waals surface area contributed by atoms with Gasteiger partial charge in [-0.25, -0.2) is 13.1 Å². The molecule has 1 aromatic heterocycles. The lowest BCUT2D eigenvalue weighted by Crippen LogP contribution is -2.45. The lowest BCUT2D eigenvalue weighted by atomic mass is 10.1. The van der Waals surface area contributed by atoms with Gasteiger partial charge < -0.3 is 10.3 Å². The highest BCUT2D eigenvalue weighted by Gasteiger charge is 2.21. The molecule has 0 unspecified atom stereocenters. The Kier molecular flexibility index (Phi) is 3.08. The maximum absolute atomic E-state index is 11.8. The third-order valence-corrected chi connectivity index (χ3v) is 4.02. The van der Waals surface area contributed by atoms with Crippen LogP contribution in [0.15, 0.2) is 23.4 Å². The van der Waals surface area contributed by atoms with Gasteiger partial charge in [0.2, 0.25) is 10.0 Å². The van der Waals surface area contributed by atoms with Crippen LogP contribution in [0.1, 0.15) is 12.8 Å². The highest BCUT2D eigenvalue weighted by atomic mass is 32.2. The van der Waals surface area contributed by atoms with Gasteiger partial charge in [-0.1, -0.05) is 0 Å². The van der Waals surface area contributed by atoms with Crippen molar-refractivity contribution in [1.29, 1.82) is 0 Å². The molecule has 1 saturated heterocycles. The number of H-pyrrole nitrogens is 1. The fourth-order valence-corrected chi connectivity index (χ4v) is 2.96. The number of piperidine rings is 1. The summed E-state index contributed by atoms with van der Waals surface area (Å²) in [6.45, 7) is 1.69. The first-order valence-corrected chi connectivity index (χ1v) is 6.53. The standard InChI is InChI=1S/C9H15N3O2S/c13-15(14,9-3-5-11-7-9)12-8-2-1-4-10-6-8/h3,5,7-8,10-12H,1-2,4,6H2/t8-/m1/s1. The van der Waals surface area contributed by atoms with Crippen LogP contribution in [0.25, 0.3) is 0 Å². The van der Waals surface area contributed by atoms with Crippen LogP contribution in [0.5, 0.6) is 0 Å².